The molecule has 0 aliphatic carbocycles. The summed E-state index contributed by atoms with van der Waals surface area (Å²) >= 11 is 0. The highest BCUT2D eigenvalue weighted by Crippen LogP contribution is 2.30. The standard InChI is InChI=1S/C33H34N2O3/c36-31-29(21-25-13-5-1-6-14-25)34(23-27-17-9-3-10-18-27)33(38)35(24-28-19-11-4-12-20-28)30(32(31)37)22-26-15-7-2-8-16-26/h1-20,29-32,36-37H,21-24H2/t29-,30-,31+,32+/m0/s1. The third kappa shape index (κ3) is 5.96. The van der Waals surface area contributed by atoms with Crippen LogP contribution < -0.4 is 0 Å². The number of carbonyl (C=O) groups is 1. The Morgan fingerprint density at radius 1 is 0.474 bits per heavy atom. The van der Waals surface area contributed by atoms with Crippen molar-refractivity contribution in [3.05, 3.63) is 144 Å². The van der Waals surface area contributed by atoms with Gasteiger partial charge in [0.25, 0.3) is 0 Å². The van der Waals surface area contributed by atoms with Crippen molar-refractivity contribution in [3.8, 4) is 0 Å². The van der Waals surface area contributed by atoms with E-state index in [2.05, 4.69) is 0 Å². The average molecular weight is 507 g/mol. The van der Waals surface area contributed by atoms with E-state index in [0.717, 1.165) is 22.3 Å². The van der Waals surface area contributed by atoms with Gasteiger partial charge in [-0.05, 0) is 35.1 Å². The minimum absolute atomic E-state index is 0.185. The molecule has 38 heavy (non-hydrogen) atoms. The van der Waals surface area contributed by atoms with Crippen LogP contribution in [0.5, 0.6) is 0 Å². The topological polar surface area (TPSA) is 64.0 Å². The number of amides is 2. The summed E-state index contributed by atoms with van der Waals surface area (Å²) in [5, 5.41) is 23.4. The number of rotatable bonds is 8. The maximum Gasteiger partial charge on any atom is 0.321 e. The zero-order valence-corrected chi connectivity index (χ0v) is 21.4. The maximum atomic E-state index is 14.5. The number of aliphatic hydroxyl groups is 2. The highest BCUT2D eigenvalue weighted by Gasteiger charge is 2.46. The Hall–Kier alpha value is -3.93. The van der Waals surface area contributed by atoms with Crippen LogP contribution in [0.2, 0.25) is 0 Å². The molecule has 1 fully saturated rings. The van der Waals surface area contributed by atoms with Gasteiger partial charge in [-0.15, -0.1) is 0 Å². The molecule has 1 saturated heterocycles. The summed E-state index contributed by atoms with van der Waals surface area (Å²) in [4.78, 5) is 18.0. The van der Waals surface area contributed by atoms with Gasteiger partial charge in [0.1, 0.15) is 12.2 Å². The van der Waals surface area contributed by atoms with Crippen LogP contribution in [0.4, 0.5) is 4.79 Å². The predicted octanol–water partition coefficient (Wildman–Crippen LogP) is 5.07. The van der Waals surface area contributed by atoms with E-state index in [0.29, 0.717) is 25.9 Å². The van der Waals surface area contributed by atoms with Gasteiger partial charge in [0, 0.05) is 13.1 Å². The Kier molecular flexibility index (Phi) is 8.17. The minimum atomic E-state index is -1.13. The Bertz CT molecular complexity index is 1180. The van der Waals surface area contributed by atoms with Crippen LogP contribution in [0.15, 0.2) is 121 Å². The van der Waals surface area contributed by atoms with E-state index in [1.807, 2.05) is 121 Å². The van der Waals surface area contributed by atoms with Crippen LogP contribution in [0.25, 0.3) is 0 Å². The van der Waals surface area contributed by atoms with Crippen molar-refractivity contribution in [2.75, 3.05) is 0 Å². The molecule has 4 aromatic carbocycles. The first-order chi connectivity index (χ1) is 18.6. The van der Waals surface area contributed by atoms with E-state index in [9.17, 15) is 15.0 Å². The molecule has 5 rings (SSSR count). The lowest BCUT2D eigenvalue weighted by molar-refractivity contribution is -0.0408. The van der Waals surface area contributed by atoms with Crippen molar-refractivity contribution in [2.24, 2.45) is 0 Å². The molecule has 0 aromatic heterocycles. The van der Waals surface area contributed by atoms with Crippen molar-refractivity contribution in [1.82, 2.24) is 9.80 Å². The van der Waals surface area contributed by atoms with Gasteiger partial charge in [0.15, 0.2) is 0 Å². The van der Waals surface area contributed by atoms with Crippen molar-refractivity contribution < 1.29 is 15.0 Å². The quantitative estimate of drug-likeness (QED) is 0.351. The number of carbonyl (C=O) groups excluding carboxylic acids is 1. The minimum Gasteiger partial charge on any atom is -0.388 e. The highest BCUT2D eigenvalue weighted by atomic mass is 16.3. The van der Waals surface area contributed by atoms with Crippen LogP contribution in [0, 0.1) is 0 Å². The Morgan fingerprint density at radius 2 is 0.763 bits per heavy atom. The van der Waals surface area contributed by atoms with Gasteiger partial charge >= 0.3 is 6.03 Å². The summed E-state index contributed by atoms with van der Waals surface area (Å²) in [6.07, 6.45) is -1.38. The molecule has 194 valence electrons. The van der Waals surface area contributed by atoms with E-state index in [-0.39, 0.29) is 6.03 Å². The number of aliphatic hydroxyl groups excluding tert-OH is 2. The van der Waals surface area contributed by atoms with Gasteiger partial charge in [0.05, 0.1) is 12.1 Å². The zero-order chi connectivity index (χ0) is 26.3. The molecule has 5 nitrogen and oxygen atoms in total. The summed E-state index contributed by atoms with van der Waals surface area (Å²) in [6.45, 7) is 0.675. The van der Waals surface area contributed by atoms with E-state index < -0.39 is 24.3 Å². The number of hydrogen-bond acceptors (Lipinski definition) is 3. The van der Waals surface area contributed by atoms with Gasteiger partial charge in [0.2, 0.25) is 0 Å². The summed E-state index contributed by atoms with van der Waals surface area (Å²) in [6, 6.07) is 38.0. The molecular weight excluding hydrogens is 472 g/mol. The van der Waals surface area contributed by atoms with Crippen LogP contribution in [0.1, 0.15) is 22.3 Å². The summed E-state index contributed by atoms with van der Waals surface area (Å²) in [5.41, 5.74) is 3.96. The Labute approximate surface area is 224 Å². The van der Waals surface area contributed by atoms with Gasteiger partial charge < -0.3 is 20.0 Å². The first-order valence-electron chi connectivity index (χ1n) is 13.2. The molecule has 5 heteroatoms. The lowest BCUT2D eigenvalue weighted by Crippen LogP contribution is -2.50. The van der Waals surface area contributed by atoms with Crippen molar-refractivity contribution in [3.63, 3.8) is 0 Å². The lowest BCUT2D eigenvalue weighted by Gasteiger charge is -2.35. The van der Waals surface area contributed by atoms with E-state index >= 15 is 0 Å². The van der Waals surface area contributed by atoms with E-state index in [1.54, 1.807) is 9.80 Å². The summed E-state index contributed by atoms with van der Waals surface area (Å²) in [5.74, 6) is 0. The lowest BCUT2D eigenvalue weighted by atomic mass is 9.91. The van der Waals surface area contributed by atoms with Gasteiger partial charge in [-0.1, -0.05) is 121 Å². The number of urea groups is 1. The average Bonchev–Trinajstić information content (AvgIpc) is 3.03. The Balaban J connectivity index is 1.57. The van der Waals surface area contributed by atoms with Gasteiger partial charge in [-0.3, -0.25) is 0 Å². The maximum absolute atomic E-state index is 14.5. The predicted molar refractivity (Wildman–Crippen MR) is 149 cm³/mol. The monoisotopic (exact) mass is 506 g/mol. The van der Waals surface area contributed by atoms with Gasteiger partial charge in [-0.2, -0.15) is 0 Å². The second kappa shape index (κ2) is 12.1. The van der Waals surface area contributed by atoms with Crippen molar-refractivity contribution in [2.45, 2.75) is 50.2 Å². The van der Waals surface area contributed by atoms with Crippen molar-refractivity contribution in [1.29, 1.82) is 0 Å². The van der Waals surface area contributed by atoms with Crippen LogP contribution >= 0.6 is 0 Å². The molecule has 4 atom stereocenters. The number of nitrogens with zero attached hydrogens (tertiary/aromatic N) is 2. The molecule has 0 bridgehead atoms. The molecule has 0 spiro atoms. The molecule has 1 heterocycles. The highest BCUT2D eigenvalue weighted by molar-refractivity contribution is 5.76. The fourth-order valence-electron chi connectivity index (χ4n) is 5.38. The number of benzene rings is 4. The smallest absolute Gasteiger partial charge is 0.321 e. The molecule has 2 N–H and O–H groups in total. The number of hydrogen-bond donors (Lipinski definition) is 2. The molecule has 4 aromatic rings. The molecular formula is C33H34N2O3. The Morgan fingerprint density at radius 3 is 1.08 bits per heavy atom. The van der Waals surface area contributed by atoms with Gasteiger partial charge in [-0.25, -0.2) is 4.79 Å². The first-order valence-corrected chi connectivity index (χ1v) is 13.2. The summed E-state index contributed by atoms with van der Waals surface area (Å²) in [7, 11) is 0. The molecule has 0 saturated carbocycles. The second-order valence-corrected chi connectivity index (χ2v) is 10.0. The van der Waals surface area contributed by atoms with Crippen LogP contribution in [-0.2, 0) is 25.9 Å². The third-order valence-electron chi connectivity index (χ3n) is 7.40. The molecule has 0 unspecified atom stereocenters. The van der Waals surface area contributed by atoms with Crippen molar-refractivity contribution >= 4 is 6.03 Å². The second-order valence-electron chi connectivity index (χ2n) is 10.0. The molecule has 1 aliphatic rings. The molecule has 2 amide bonds. The normalized spacial score (nSPS) is 21.8. The fourth-order valence-corrected chi connectivity index (χ4v) is 5.38. The van der Waals surface area contributed by atoms with Crippen LogP contribution in [-0.4, -0.2) is 50.3 Å². The van der Waals surface area contributed by atoms with E-state index in [4.69, 9.17) is 0 Å². The fraction of sp³-hybridized carbons (Fsp3) is 0.242. The molecule has 1 aliphatic heterocycles. The van der Waals surface area contributed by atoms with Crippen LogP contribution in [0.3, 0.4) is 0 Å². The third-order valence-corrected chi connectivity index (χ3v) is 7.40. The largest absolute Gasteiger partial charge is 0.388 e. The molecule has 0 radical (unpaired) electrons. The van der Waals surface area contributed by atoms with E-state index in [1.165, 1.54) is 0 Å². The first kappa shape index (κ1) is 25.7. The summed E-state index contributed by atoms with van der Waals surface area (Å²) < 4.78 is 0. The SMILES string of the molecule is O=C1N(Cc2ccccc2)[C@@H](Cc2ccccc2)[C@@H](O)[C@H](O)[C@H](Cc2ccccc2)N1Cc1ccccc1. The zero-order valence-electron chi connectivity index (χ0n) is 21.4.